The molecule has 0 aliphatic carbocycles. The molecule has 1 aliphatic rings. The minimum atomic E-state index is -0.633. The fourth-order valence-electron chi connectivity index (χ4n) is 4.14. The van der Waals surface area contributed by atoms with Crippen molar-refractivity contribution < 1.29 is 9.50 Å². The quantitative estimate of drug-likeness (QED) is 0.429. The molecule has 3 aromatic rings. The van der Waals surface area contributed by atoms with Crippen molar-refractivity contribution in [2.75, 3.05) is 39.3 Å². The van der Waals surface area contributed by atoms with Gasteiger partial charge in [-0.15, -0.1) is 0 Å². The Labute approximate surface area is 199 Å². The minimum absolute atomic E-state index is 0.153. The van der Waals surface area contributed by atoms with Gasteiger partial charge in [-0.05, 0) is 31.0 Å². The van der Waals surface area contributed by atoms with Crippen molar-refractivity contribution in [1.82, 2.24) is 24.6 Å². The third kappa shape index (κ3) is 4.95. The summed E-state index contributed by atoms with van der Waals surface area (Å²) in [6.45, 7) is 7.86. The van der Waals surface area contributed by atoms with E-state index in [0.717, 1.165) is 37.3 Å². The SMILES string of the molecule is Cn1nc(C(C)(C)c2ccc(-c3ccccc3)c(F)c2)nc1/N=C(\N)N1CCN(CCO)CC1. The van der Waals surface area contributed by atoms with Crippen LogP contribution in [-0.2, 0) is 12.5 Å². The Morgan fingerprint density at radius 3 is 2.47 bits per heavy atom. The summed E-state index contributed by atoms with van der Waals surface area (Å²) in [4.78, 5) is 13.4. The Bertz CT molecular complexity index is 1150. The molecule has 0 amide bonds. The van der Waals surface area contributed by atoms with Gasteiger partial charge in [-0.1, -0.05) is 42.5 Å². The molecule has 8 nitrogen and oxygen atoms in total. The summed E-state index contributed by atoms with van der Waals surface area (Å²) in [5, 5.41) is 13.7. The summed E-state index contributed by atoms with van der Waals surface area (Å²) in [6, 6.07) is 14.8. The standard InChI is InChI=1S/C25H32FN7O/c1-25(2,19-9-10-20(21(26)17-19)18-7-5-4-6-8-18)22-28-24(31(3)30-22)29-23(27)33-13-11-32(12-14-33)15-16-34/h4-10,17,34H,11-16H2,1-3H3,(H2,27,28,29,30). The second-order valence-corrected chi connectivity index (χ2v) is 9.07. The zero-order chi connectivity index (χ0) is 24.3. The summed E-state index contributed by atoms with van der Waals surface area (Å²) >= 11 is 0. The number of aliphatic hydroxyl groups excluding tert-OH is 1. The van der Waals surface area contributed by atoms with Gasteiger partial charge in [0.25, 0.3) is 5.95 Å². The molecule has 34 heavy (non-hydrogen) atoms. The van der Waals surface area contributed by atoms with Crippen LogP contribution in [0, 0.1) is 5.82 Å². The number of nitrogens with zero attached hydrogens (tertiary/aromatic N) is 6. The maximum Gasteiger partial charge on any atom is 0.251 e. The van der Waals surface area contributed by atoms with E-state index in [0.29, 0.717) is 29.8 Å². The number of aromatic nitrogens is 3. The van der Waals surface area contributed by atoms with Gasteiger partial charge < -0.3 is 15.7 Å². The van der Waals surface area contributed by atoms with Crippen molar-refractivity contribution >= 4 is 11.9 Å². The first-order valence-corrected chi connectivity index (χ1v) is 11.5. The largest absolute Gasteiger partial charge is 0.395 e. The van der Waals surface area contributed by atoms with Gasteiger partial charge in [0.2, 0.25) is 0 Å². The molecule has 1 aromatic heterocycles. The van der Waals surface area contributed by atoms with E-state index in [-0.39, 0.29) is 12.4 Å². The van der Waals surface area contributed by atoms with Crippen molar-refractivity contribution in [3.63, 3.8) is 0 Å². The lowest BCUT2D eigenvalue weighted by atomic mass is 9.83. The molecule has 0 radical (unpaired) electrons. The van der Waals surface area contributed by atoms with Crippen LogP contribution in [0.3, 0.4) is 0 Å². The maximum atomic E-state index is 15.0. The zero-order valence-corrected chi connectivity index (χ0v) is 19.9. The van der Waals surface area contributed by atoms with Gasteiger partial charge in [0.15, 0.2) is 11.8 Å². The molecule has 1 saturated heterocycles. The third-order valence-corrected chi connectivity index (χ3v) is 6.40. The van der Waals surface area contributed by atoms with Gasteiger partial charge in [0.05, 0.1) is 12.0 Å². The highest BCUT2D eigenvalue weighted by Crippen LogP contribution is 2.33. The van der Waals surface area contributed by atoms with Gasteiger partial charge in [0.1, 0.15) is 5.82 Å². The van der Waals surface area contributed by atoms with E-state index in [2.05, 4.69) is 20.0 Å². The van der Waals surface area contributed by atoms with E-state index in [1.54, 1.807) is 23.9 Å². The number of aliphatic imine (C=N–C) groups is 1. The van der Waals surface area contributed by atoms with Gasteiger partial charge in [-0.25, -0.2) is 9.07 Å². The Hall–Kier alpha value is -3.30. The van der Waals surface area contributed by atoms with Crippen molar-refractivity contribution in [3.05, 3.63) is 65.7 Å². The number of nitrogens with two attached hydrogens (primary N) is 1. The summed E-state index contributed by atoms with van der Waals surface area (Å²) in [5.41, 5.74) is 7.81. The van der Waals surface area contributed by atoms with E-state index in [9.17, 15) is 0 Å². The van der Waals surface area contributed by atoms with E-state index in [4.69, 9.17) is 10.8 Å². The second kappa shape index (κ2) is 9.90. The summed E-state index contributed by atoms with van der Waals surface area (Å²) in [6.07, 6.45) is 0. The van der Waals surface area contributed by atoms with Crippen LogP contribution in [-0.4, -0.2) is 75.0 Å². The van der Waals surface area contributed by atoms with Crippen LogP contribution in [0.4, 0.5) is 10.3 Å². The number of hydrogen-bond acceptors (Lipinski definition) is 5. The summed E-state index contributed by atoms with van der Waals surface area (Å²) < 4.78 is 16.6. The number of β-amino-alcohol motifs (C(OH)–C–C–N with tert-alkyl or cyclic N) is 1. The Balaban J connectivity index is 1.54. The van der Waals surface area contributed by atoms with Crippen LogP contribution in [0.1, 0.15) is 25.2 Å². The first-order valence-electron chi connectivity index (χ1n) is 11.5. The number of halogens is 1. The van der Waals surface area contributed by atoms with Crippen LogP contribution in [0.25, 0.3) is 11.1 Å². The molecular weight excluding hydrogens is 433 g/mol. The van der Waals surface area contributed by atoms with Crippen LogP contribution in [0.2, 0.25) is 0 Å². The predicted molar refractivity (Wildman–Crippen MR) is 131 cm³/mol. The average molecular weight is 466 g/mol. The molecule has 1 fully saturated rings. The molecule has 180 valence electrons. The number of benzene rings is 2. The van der Waals surface area contributed by atoms with Crippen LogP contribution in [0.5, 0.6) is 0 Å². The predicted octanol–water partition coefficient (Wildman–Crippen LogP) is 2.50. The average Bonchev–Trinajstić information content (AvgIpc) is 3.21. The molecule has 3 N–H and O–H groups in total. The third-order valence-electron chi connectivity index (χ3n) is 6.40. The highest BCUT2D eigenvalue weighted by molar-refractivity contribution is 5.80. The Morgan fingerprint density at radius 2 is 1.82 bits per heavy atom. The molecule has 1 aliphatic heterocycles. The van der Waals surface area contributed by atoms with Crippen molar-refractivity contribution in [3.8, 4) is 11.1 Å². The lowest BCUT2D eigenvalue weighted by Crippen LogP contribution is -2.51. The number of guanidine groups is 1. The van der Waals surface area contributed by atoms with E-state index in [1.807, 2.05) is 55.1 Å². The number of aryl methyl sites for hydroxylation is 1. The lowest BCUT2D eigenvalue weighted by Gasteiger charge is -2.34. The molecule has 9 heteroatoms. The van der Waals surface area contributed by atoms with Crippen molar-refractivity contribution in [2.45, 2.75) is 19.3 Å². The topological polar surface area (TPSA) is 95.8 Å². The number of rotatable bonds is 6. The zero-order valence-electron chi connectivity index (χ0n) is 19.9. The Kier molecular flexibility index (Phi) is 6.95. The summed E-state index contributed by atoms with van der Waals surface area (Å²) in [5.74, 6) is 1.05. The van der Waals surface area contributed by atoms with E-state index in [1.165, 1.54) is 0 Å². The molecule has 0 bridgehead atoms. The second-order valence-electron chi connectivity index (χ2n) is 9.07. The van der Waals surface area contributed by atoms with Gasteiger partial charge >= 0.3 is 0 Å². The maximum absolute atomic E-state index is 15.0. The normalized spacial score (nSPS) is 15.7. The Morgan fingerprint density at radius 1 is 1.12 bits per heavy atom. The molecule has 0 spiro atoms. The van der Waals surface area contributed by atoms with Crippen LogP contribution >= 0.6 is 0 Å². The molecule has 2 heterocycles. The molecular formula is C25H32FN7O. The fourth-order valence-corrected chi connectivity index (χ4v) is 4.14. The first-order chi connectivity index (χ1) is 16.3. The monoisotopic (exact) mass is 465 g/mol. The van der Waals surface area contributed by atoms with Crippen molar-refractivity contribution in [1.29, 1.82) is 0 Å². The number of hydrogen-bond donors (Lipinski definition) is 2. The molecule has 0 atom stereocenters. The van der Waals surface area contributed by atoms with Crippen LogP contribution < -0.4 is 5.73 Å². The molecule has 0 unspecified atom stereocenters. The highest BCUT2D eigenvalue weighted by Gasteiger charge is 2.30. The minimum Gasteiger partial charge on any atom is -0.395 e. The highest BCUT2D eigenvalue weighted by atomic mass is 19.1. The summed E-state index contributed by atoms with van der Waals surface area (Å²) in [7, 11) is 1.77. The smallest absolute Gasteiger partial charge is 0.251 e. The van der Waals surface area contributed by atoms with Crippen LogP contribution in [0.15, 0.2) is 53.5 Å². The van der Waals surface area contributed by atoms with Gasteiger partial charge in [0, 0.05) is 45.3 Å². The van der Waals surface area contributed by atoms with Gasteiger partial charge in [-0.3, -0.25) is 4.90 Å². The molecule has 0 saturated carbocycles. The lowest BCUT2D eigenvalue weighted by molar-refractivity contribution is 0.146. The molecule has 2 aromatic carbocycles. The first kappa shape index (κ1) is 23.8. The number of aliphatic hydroxyl groups is 1. The molecule has 4 rings (SSSR count). The fraction of sp³-hybridized carbons (Fsp3) is 0.400. The van der Waals surface area contributed by atoms with Gasteiger partial charge in [-0.2, -0.15) is 15.1 Å². The van der Waals surface area contributed by atoms with E-state index < -0.39 is 5.41 Å². The van der Waals surface area contributed by atoms with E-state index >= 15 is 4.39 Å². The van der Waals surface area contributed by atoms with Crippen molar-refractivity contribution in [2.24, 2.45) is 17.8 Å². The number of piperazine rings is 1.